The molecule has 6 nitrogen and oxygen atoms in total. The average Bonchev–Trinajstić information content (AvgIpc) is 3.09. The lowest BCUT2D eigenvalue weighted by Crippen LogP contribution is -2.28. The third-order valence-electron chi connectivity index (χ3n) is 4.78. The summed E-state index contributed by atoms with van der Waals surface area (Å²) in [5.74, 6) is 0.0515. The molecule has 0 unspecified atom stereocenters. The third-order valence-corrected chi connectivity index (χ3v) is 4.78. The second-order valence-electron chi connectivity index (χ2n) is 8.20. The van der Waals surface area contributed by atoms with Gasteiger partial charge >= 0.3 is 0 Å². The van der Waals surface area contributed by atoms with Crippen molar-refractivity contribution < 1.29 is 9.18 Å². The quantitative estimate of drug-likeness (QED) is 0.529. The summed E-state index contributed by atoms with van der Waals surface area (Å²) in [7, 11) is 0. The molecule has 4 aromatic rings. The highest BCUT2D eigenvalue weighted by molar-refractivity contribution is 5.94. The van der Waals surface area contributed by atoms with Gasteiger partial charge in [-0.3, -0.25) is 4.79 Å². The number of halogens is 1. The Labute approximate surface area is 173 Å². The van der Waals surface area contributed by atoms with Crippen LogP contribution in [0.25, 0.3) is 28.2 Å². The molecule has 152 valence electrons. The summed E-state index contributed by atoms with van der Waals surface area (Å²) in [4.78, 5) is 21.4. The Morgan fingerprint density at radius 3 is 2.60 bits per heavy atom. The summed E-state index contributed by atoms with van der Waals surface area (Å²) in [5.41, 5.74) is 3.66. The van der Waals surface area contributed by atoms with Crippen molar-refractivity contribution >= 4 is 17.4 Å². The summed E-state index contributed by atoms with van der Waals surface area (Å²) >= 11 is 0. The molecule has 1 aromatic carbocycles. The number of fused-ring (bicyclic) bond motifs is 1. The number of amides is 1. The summed E-state index contributed by atoms with van der Waals surface area (Å²) < 4.78 is 15.6. The molecular formula is C23H22FN5O. The number of aryl methyl sites for hydroxylation is 1. The average molecular weight is 403 g/mol. The first-order valence-corrected chi connectivity index (χ1v) is 9.62. The van der Waals surface area contributed by atoms with Gasteiger partial charge in [-0.15, -0.1) is 0 Å². The van der Waals surface area contributed by atoms with E-state index >= 15 is 0 Å². The van der Waals surface area contributed by atoms with E-state index in [1.807, 2.05) is 39.0 Å². The lowest BCUT2D eigenvalue weighted by Gasteiger charge is -2.17. The number of hydrogen-bond acceptors (Lipinski definition) is 4. The minimum atomic E-state index is -0.542. The van der Waals surface area contributed by atoms with Crippen molar-refractivity contribution in [1.82, 2.24) is 19.6 Å². The van der Waals surface area contributed by atoms with Crippen LogP contribution in [0.4, 0.5) is 10.2 Å². The van der Waals surface area contributed by atoms with Crippen LogP contribution in [0, 0.1) is 18.2 Å². The fourth-order valence-electron chi connectivity index (χ4n) is 3.09. The largest absolute Gasteiger partial charge is 0.310 e. The number of hydrogen-bond donors (Lipinski definition) is 1. The molecule has 1 amide bonds. The lowest BCUT2D eigenvalue weighted by molar-refractivity contribution is -0.123. The van der Waals surface area contributed by atoms with Crippen LogP contribution in [0.3, 0.4) is 0 Å². The Balaban J connectivity index is 1.87. The van der Waals surface area contributed by atoms with Gasteiger partial charge in [0, 0.05) is 28.9 Å². The zero-order chi connectivity index (χ0) is 21.5. The number of nitrogens with zero attached hydrogens (tertiary/aromatic N) is 4. The van der Waals surface area contributed by atoms with Gasteiger partial charge in [0.2, 0.25) is 5.91 Å². The van der Waals surface area contributed by atoms with Crippen LogP contribution < -0.4 is 5.32 Å². The molecule has 0 saturated carbocycles. The zero-order valence-electron chi connectivity index (χ0n) is 17.3. The van der Waals surface area contributed by atoms with Crippen LogP contribution in [0.1, 0.15) is 26.3 Å². The van der Waals surface area contributed by atoms with E-state index in [9.17, 15) is 9.18 Å². The van der Waals surface area contributed by atoms with E-state index in [1.165, 1.54) is 6.07 Å². The molecule has 0 spiro atoms. The van der Waals surface area contributed by atoms with E-state index in [1.54, 1.807) is 42.0 Å². The molecule has 0 aliphatic carbocycles. The van der Waals surface area contributed by atoms with Gasteiger partial charge in [0.05, 0.1) is 5.69 Å². The maximum Gasteiger partial charge on any atom is 0.230 e. The molecule has 0 fully saturated rings. The van der Waals surface area contributed by atoms with E-state index in [2.05, 4.69) is 15.4 Å². The first-order chi connectivity index (χ1) is 14.2. The fraction of sp³-hybridized carbons (Fsp3) is 0.217. The molecule has 0 atom stereocenters. The molecule has 1 N–H and O–H groups in total. The Bertz CT molecular complexity index is 1260. The van der Waals surface area contributed by atoms with E-state index in [0.29, 0.717) is 22.7 Å². The Morgan fingerprint density at radius 2 is 1.87 bits per heavy atom. The summed E-state index contributed by atoms with van der Waals surface area (Å²) in [6, 6.07) is 12.2. The van der Waals surface area contributed by atoms with Gasteiger partial charge in [-0.25, -0.2) is 18.9 Å². The van der Waals surface area contributed by atoms with Gasteiger partial charge in [0.25, 0.3) is 0 Å². The van der Waals surface area contributed by atoms with E-state index in [0.717, 1.165) is 16.8 Å². The summed E-state index contributed by atoms with van der Waals surface area (Å²) in [6.07, 6.45) is 3.32. The monoisotopic (exact) mass is 403 g/mol. The number of nitrogens with one attached hydrogen (secondary N) is 1. The number of imidazole rings is 1. The predicted octanol–water partition coefficient (Wildman–Crippen LogP) is 4.89. The zero-order valence-corrected chi connectivity index (χ0v) is 17.3. The van der Waals surface area contributed by atoms with Crippen LogP contribution in [-0.4, -0.2) is 25.5 Å². The normalized spacial score (nSPS) is 11.6. The molecule has 0 radical (unpaired) electrons. The van der Waals surface area contributed by atoms with Crippen molar-refractivity contribution in [2.75, 3.05) is 5.32 Å². The number of rotatable bonds is 3. The highest BCUT2D eigenvalue weighted by atomic mass is 19.1. The number of carbonyl (C=O) groups excluding carboxylic acids is 1. The summed E-state index contributed by atoms with van der Waals surface area (Å²) in [5, 5.41) is 7.30. The fourth-order valence-corrected chi connectivity index (χ4v) is 3.09. The number of pyridine rings is 1. The molecule has 0 bridgehead atoms. The molecule has 0 aliphatic heterocycles. The highest BCUT2D eigenvalue weighted by Crippen LogP contribution is 2.33. The van der Waals surface area contributed by atoms with Crippen LogP contribution in [0.2, 0.25) is 0 Å². The SMILES string of the molecule is Cc1cc(-c2nc3cccnn3c2-c2ccnc(NC(=O)C(C)(C)C)c2)ccc1F. The first kappa shape index (κ1) is 19.7. The standard InChI is InChI=1S/C23H22FN5O/c1-14-12-15(7-8-17(14)24)20-21(29-19(28-20)6-5-10-26-29)16-9-11-25-18(13-16)27-22(30)23(2,3)4/h5-13H,1-4H3,(H,25,27,30). The number of carbonyl (C=O) groups is 1. The molecule has 7 heteroatoms. The number of anilines is 1. The third kappa shape index (κ3) is 3.66. The first-order valence-electron chi connectivity index (χ1n) is 9.62. The minimum absolute atomic E-state index is 0.127. The molecule has 3 aromatic heterocycles. The van der Waals surface area contributed by atoms with Gasteiger partial charge in [0.1, 0.15) is 17.3 Å². The van der Waals surface area contributed by atoms with Crippen molar-refractivity contribution in [3.63, 3.8) is 0 Å². The van der Waals surface area contributed by atoms with Crippen molar-refractivity contribution in [2.45, 2.75) is 27.7 Å². The van der Waals surface area contributed by atoms with Crippen molar-refractivity contribution in [1.29, 1.82) is 0 Å². The number of aromatic nitrogens is 4. The van der Waals surface area contributed by atoms with Gasteiger partial charge < -0.3 is 5.32 Å². The van der Waals surface area contributed by atoms with Gasteiger partial charge in [-0.05, 0) is 55.0 Å². The molecule has 30 heavy (non-hydrogen) atoms. The van der Waals surface area contributed by atoms with Crippen molar-refractivity contribution in [2.24, 2.45) is 5.41 Å². The molecule has 0 saturated heterocycles. The van der Waals surface area contributed by atoms with Crippen molar-refractivity contribution in [3.05, 3.63) is 66.2 Å². The topological polar surface area (TPSA) is 72.2 Å². The molecule has 0 aliphatic rings. The maximum atomic E-state index is 13.8. The summed E-state index contributed by atoms with van der Waals surface area (Å²) in [6.45, 7) is 7.25. The van der Waals surface area contributed by atoms with E-state index in [4.69, 9.17) is 4.98 Å². The van der Waals surface area contributed by atoms with Gasteiger partial charge in [0.15, 0.2) is 5.65 Å². The minimum Gasteiger partial charge on any atom is -0.310 e. The Kier molecular flexibility index (Phi) is 4.81. The Hall–Kier alpha value is -3.61. The molecular weight excluding hydrogens is 381 g/mol. The van der Waals surface area contributed by atoms with E-state index in [-0.39, 0.29) is 11.7 Å². The van der Waals surface area contributed by atoms with Gasteiger partial charge in [-0.1, -0.05) is 20.8 Å². The predicted molar refractivity (Wildman–Crippen MR) is 114 cm³/mol. The smallest absolute Gasteiger partial charge is 0.230 e. The van der Waals surface area contributed by atoms with Crippen molar-refractivity contribution in [3.8, 4) is 22.5 Å². The second-order valence-corrected chi connectivity index (χ2v) is 8.20. The molecule has 4 rings (SSSR count). The highest BCUT2D eigenvalue weighted by Gasteiger charge is 2.22. The molecule has 3 heterocycles. The van der Waals surface area contributed by atoms with Crippen LogP contribution in [-0.2, 0) is 4.79 Å². The van der Waals surface area contributed by atoms with Gasteiger partial charge in [-0.2, -0.15) is 5.10 Å². The second kappa shape index (κ2) is 7.33. The maximum absolute atomic E-state index is 13.8. The Morgan fingerprint density at radius 1 is 1.07 bits per heavy atom. The van der Waals surface area contributed by atoms with E-state index < -0.39 is 5.41 Å². The van der Waals surface area contributed by atoms with Crippen LogP contribution in [0.5, 0.6) is 0 Å². The lowest BCUT2D eigenvalue weighted by atomic mass is 9.96. The van der Waals surface area contributed by atoms with Crippen LogP contribution in [0.15, 0.2) is 54.9 Å². The van der Waals surface area contributed by atoms with Crippen LogP contribution >= 0.6 is 0 Å². The number of benzene rings is 1.